The number of ether oxygens (including phenoxy) is 1. The number of phenols is 1. The lowest BCUT2D eigenvalue weighted by atomic mass is 10.0. The Hall–Kier alpha value is -2.40. The minimum atomic E-state index is 0.115. The first kappa shape index (κ1) is 17.0. The monoisotopic (exact) mass is 352 g/mol. The summed E-state index contributed by atoms with van der Waals surface area (Å²) in [5, 5.41) is 9.34. The minimum Gasteiger partial charge on any atom is -0.508 e. The van der Waals surface area contributed by atoms with E-state index in [-0.39, 0.29) is 17.6 Å². The van der Waals surface area contributed by atoms with Gasteiger partial charge in [0.15, 0.2) is 5.78 Å². The predicted molar refractivity (Wildman–Crippen MR) is 98.5 cm³/mol. The van der Waals surface area contributed by atoms with Gasteiger partial charge in [-0.3, -0.25) is 14.7 Å². The molecule has 0 radical (unpaired) electrons. The highest BCUT2D eigenvalue weighted by molar-refractivity contribution is 5.97. The summed E-state index contributed by atoms with van der Waals surface area (Å²) in [7, 11) is 0. The highest BCUT2D eigenvalue weighted by Gasteiger charge is 2.42. The summed E-state index contributed by atoms with van der Waals surface area (Å²) in [6.45, 7) is 4.34. The van der Waals surface area contributed by atoms with Crippen LogP contribution in [0.25, 0.3) is 0 Å². The van der Waals surface area contributed by atoms with Crippen molar-refractivity contribution in [2.75, 3.05) is 19.6 Å². The number of aromatic nitrogens is 1. The van der Waals surface area contributed by atoms with Gasteiger partial charge in [0.2, 0.25) is 0 Å². The van der Waals surface area contributed by atoms with E-state index in [9.17, 15) is 9.90 Å². The standard InChI is InChI=1S/C21H24N2O3/c1-14-21(3-2-8-22-14)26-19-9-16-11-23(12-17(16)10-19)13-20(25)15-4-6-18(24)7-5-15/h2-8,16-17,19,24H,9-13H2,1H3/t16-,17+,19+. The molecule has 1 aromatic heterocycles. The van der Waals surface area contributed by atoms with Crippen molar-refractivity contribution in [1.82, 2.24) is 9.88 Å². The molecule has 4 rings (SSSR count). The molecule has 1 aliphatic carbocycles. The van der Waals surface area contributed by atoms with Gasteiger partial charge in [-0.2, -0.15) is 0 Å². The molecule has 5 heteroatoms. The molecular formula is C21H24N2O3. The average molecular weight is 352 g/mol. The molecule has 2 fully saturated rings. The van der Waals surface area contributed by atoms with Gasteiger partial charge in [0.25, 0.3) is 0 Å². The number of ketones is 1. The van der Waals surface area contributed by atoms with Gasteiger partial charge in [-0.05, 0) is 68.0 Å². The third kappa shape index (κ3) is 3.58. The number of aryl methyl sites for hydroxylation is 1. The third-order valence-corrected chi connectivity index (χ3v) is 5.59. The van der Waals surface area contributed by atoms with Crippen molar-refractivity contribution in [2.45, 2.75) is 25.9 Å². The molecular weight excluding hydrogens is 328 g/mol. The molecule has 1 N–H and O–H groups in total. The zero-order chi connectivity index (χ0) is 18.1. The summed E-state index contributed by atoms with van der Waals surface area (Å²) in [5.74, 6) is 2.39. The zero-order valence-electron chi connectivity index (χ0n) is 15.0. The molecule has 2 aliphatic rings. The first-order valence-corrected chi connectivity index (χ1v) is 9.21. The maximum Gasteiger partial charge on any atom is 0.176 e. The fourth-order valence-corrected chi connectivity index (χ4v) is 4.28. The molecule has 1 aliphatic heterocycles. The third-order valence-electron chi connectivity index (χ3n) is 5.59. The van der Waals surface area contributed by atoms with E-state index >= 15 is 0 Å². The van der Waals surface area contributed by atoms with Crippen molar-refractivity contribution in [2.24, 2.45) is 11.8 Å². The van der Waals surface area contributed by atoms with Gasteiger partial charge in [0.05, 0.1) is 18.3 Å². The number of hydrogen-bond donors (Lipinski definition) is 1. The lowest BCUT2D eigenvalue weighted by molar-refractivity contribution is 0.0936. The van der Waals surface area contributed by atoms with Gasteiger partial charge in [-0.15, -0.1) is 0 Å². The fourth-order valence-electron chi connectivity index (χ4n) is 4.28. The van der Waals surface area contributed by atoms with Gasteiger partial charge < -0.3 is 9.84 Å². The van der Waals surface area contributed by atoms with Crippen LogP contribution >= 0.6 is 0 Å². The molecule has 1 aromatic carbocycles. The predicted octanol–water partition coefficient (Wildman–Crippen LogP) is 3.07. The number of fused-ring (bicyclic) bond motifs is 1. The summed E-state index contributed by atoms with van der Waals surface area (Å²) in [4.78, 5) is 19.0. The van der Waals surface area contributed by atoms with Crippen LogP contribution in [0.5, 0.6) is 11.5 Å². The van der Waals surface area contributed by atoms with E-state index in [0.717, 1.165) is 37.4 Å². The van der Waals surface area contributed by atoms with Gasteiger partial charge in [-0.1, -0.05) is 0 Å². The van der Waals surface area contributed by atoms with E-state index in [1.807, 2.05) is 19.1 Å². The molecule has 1 saturated carbocycles. The number of hydrogen-bond acceptors (Lipinski definition) is 5. The van der Waals surface area contributed by atoms with Crippen LogP contribution in [0, 0.1) is 18.8 Å². The second-order valence-corrected chi connectivity index (χ2v) is 7.48. The van der Waals surface area contributed by atoms with Crippen LogP contribution in [-0.2, 0) is 0 Å². The first-order chi connectivity index (χ1) is 12.6. The number of carbonyl (C=O) groups excluding carboxylic acids is 1. The second-order valence-electron chi connectivity index (χ2n) is 7.48. The average Bonchev–Trinajstić information content (AvgIpc) is 3.15. The molecule has 0 amide bonds. The van der Waals surface area contributed by atoms with Crippen LogP contribution in [0.1, 0.15) is 28.9 Å². The minimum absolute atomic E-state index is 0.115. The zero-order valence-corrected chi connectivity index (χ0v) is 15.0. The number of Topliss-reactive ketones (excluding diaryl/α,β-unsaturated/α-hetero) is 1. The molecule has 1 saturated heterocycles. The Labute approximate surface area is 153 Å². The summed E-state index contributed by atoms with van der Waals surface area (Å²) in [6.07, 6.45) is 4.13. The molecule has 26 heavy (non-hydrogen) atoms. The largest absolute Gasteiger partial charge is 0.508 e. The fraction of sp³-hybridized carbons (Fsp3) is 0.429. The van der Waals surface area contributed by atoms with Crippen LogP contribution in [0.2, 0.25) is 0 Å². The Morgan fingerprint density at radius 2 is 1.88 bits per heavy atom. The number of phenolic OH excluding ortho intramolecular Hbond substituents is 1. The first-order valence-electron chi connectivity index (χ1n) is 9.21. The van der Waals surface area contributed by atoms with Crippen LogP contribution in [0.4, 0.5) is 0 Å². The van der Waals surface area contributed by atoms with Crippen LogP contribution in [0.3, 0.4) is 0 Å². The molecule has 0 unspecified atom stereocenters. The normalized spacial score (nSPS) is 25.2. The maximum atomic E-state index is 12.4. The van der Waals surface area contributed by atoms with Crippen molar-refractivity contribution < 1.29 is 14.6 Å². The number of aromatic hydroxyl groups is 1. The SMILES string of the molecule is Cc1ncccc1O[C@H]1C[C@@H]2CN(CC(=O)c3ccc(O)cc3)C[C@@H]2C1. The van der Waals surface area contributed by atoms with Gasteiger partial charge in [0, 0.05) is 24.8 Å². The number of pyridine rings is 1. The van der Waals surface area contributed by atoms with Crippen LogP contribution < -0.4 is 4.74 Å². The second kappa shape index (κ2) is 7.08. The lowest BCUT2D eigenvalue weighted by Crippen LogP contribution is -2.30. The summed E-state index contributed by atoms with van der Waals surface area (Å²) >= 11 is 0. The highest BCUT2D eigenvalue weighted by atomic mass is 16.5. The molecule has 136 valence electrons. The number of carbonyl (C=O) groups is 1. The van der Waals surface area contributed by atoms with Crippen molar-refractivity contribution in [3.63, 3.8) is 0 Å². The Balaban J connectivity index is 1.30. The van der Waals surface area contributed by atoms with Gasteiger partial charge in [0.1, 0.15) is 11.5 Å². The molecule has 0 bridgehead atoms. The molecule has 2 heterocycles. The Morgan fingerprint density at radius 1 is 1.19 bits per heavy atom. The smallest absolute Gasteiger partial charge is 0.176 e. The van der Waals surface area contributed by atoms with Crippen molar-refractivity contribution in [3.05, 3.63) is 53.9 Å². The van der Waals surface area contributed by atoms with E-state index in [1.165, 1.54) is 0 Å². The van der Waals surface area contributed by atoms with E-state index in [2.05, 4.69) is 9.88 Å². The Morgan fingerprint density at radius 3 is 2.54 bits per heavy atom. The van der Waals surface area contributed by atoms with Crippen molar-refractivity contribution >= 4 is 5.78 Å². The topological polar surface area (TPSA) is 62.7 Å². The van der Waals surface area contributed by atoms with Gasteiger partial charge in [-0.25, -0.2) is 0 Å². The van der Waals surface area contributed by atoms with Crippen LogP contribution in [0.15, 0.2) is 42.6 Å². The van der Waals surface area contributed by atoms with E-state index in [1.54, 1.807) is 30.5 Å². The molecule has 2 aromatic rings. The van der Waals surface area contributed by atoms with E-state index < -0.39 is 0 Å². The number of nitrogens with zero attached hydrogens (tertiary/aromatic N) is 2. The van der Waals surface area contributed by atoms with E-state index in [0.29, 0.717) is 23.9 Å². The number of rotatable bonds is 5. The molecule has 0 spiro atoms. The van der Waals surface area contributed by atoms with Crippen molar-refractivity contribution in [1.29, 1.82) is 0 Å². The summed E-state index contributed by atoms with van der Waals surface area (Å²) in [5.41, 5.74) is 1.60. The Bertz CT molecular complexity index is 776. The number of likely N-dealkylation sites (tertiary alicyclic amines) is 1. The Kier molecular flexibility index (Phi) is 4.64. The highest BCUT2D eigenvalue weighted by Crippen LogP contribution is 2.40. The van der Waals surface area contributed by atoms with E-state index in [4.69, 9.17) is 4.74 Å². The quantitative estimate of drug-likeness (QED) is 0.838. The number of benzene rings is 1. The van der Waals surface area contributed by atoms with Crippen LogP contribution in [-0.4, -0.2) is 46.5 Å². The maximum absolute atomic E-state index is 12.4. The van der Waals surface area contributed by atoms with Gasteiger partial charge >= 0.3 is 0 Å². The lowest BCUT2D eigenvalue weighted by Gasteiger charge is -2.19. The molecule has 5 nitrogen and oxygen atoms in total. The molecule has 3 atom stereocenters. The van der Waals surface area contributed by atoms with Crippen molar-refractivity contribution in [3.8, 4) is 11.5 Å². The summed E-state index contributed by atoms with van der Waals surface area (Å²) < 4.78 is 6.17. The summed E-state index contributed by atoms with van der Waals surface area (Å²) in [6, 6.07) is 10.4.